The Labute approximate surface area is 124 Å². The van der Waals surface area contributed by atoms with Crippen LogP contribution in [-0.2, 0) is 6.54 Å². The number of nitrogens with one attached hydrogen (secondary N) is 1. The van der Waals surface area contributed by atoms with E-state index < -0.39 is 0 Å². The fourth-order valence-corrected chi connectivity index (χ4v) is 2.29. The van der Waals surface area contributed by atoms with Crippen LogP contribution in [0.1, 0.15) is 11.1 Å². The van der Waals surface area contributed by atoms with E-state index in [-0.39, 0.29) is 5.75 Å². The van der Waals surface area contributed by atoms with Crippen LogP contribution >= 0.6 is 11.6 Å². The smallest absolute Gasteiger partial charge is 0.120 e. The third kappa shape index (κ3) is 3.36. The van der Waals surface area contributed by atoms with E-state index >= 15 is 0 Å². The molecule has 2 rings (SSSR count). The van der Waals surface area contributed by atoms with Crippen LogP contribution < -0.4 is 10.2 Å². The van der Waals surface area contributed by atoms with Crippen molar-refractivity contribution in [2.75, 3.05) is 24.3 Å². The molecule has 2 aromatic rings. The maximum Gasteiger partial charge on any atom is 0.120 e. The van der Waals surface area contributed by atoms with Gasteiger partial charge in [0.2, 0.25) is 0 Å². The fraction of sp³-hybridized carbons (Fsp3) is 0.250. The summed E-state index contributed by atoms with van der Waals surface area (Å²) in [5, 5.41) is 13.7. The second-order valence-electron chi connectivity index (χ2n) is 5.02. The van der Waals surface area contributed by atoms with Gasteiger partial charge in [0.15, 0.2) is 0 Å². The summed E-state index contributed by atoms with van der Waals surface area (Å²) in [5.41, 5.74) is 4.19. The number of rotatable bonds is 4. The van der Waals surface area contributed by atoms with Gasteiger partial charge in [0.05, 0.1) is 0 Å². The molecule has 0 radical (unpaired) electrons. The van der Waals surface area contributed by atoms with Crippen molar-refractivity contribution in [2.24, 2.45) is 0 Å². The van der Waals surface area contributed by atoms with E-state index in [1.54, 1.807) is 18.2 Å². The fourth-order valence-electron chi connectivity index (χ4n) is 2.09. The molecule has 20 heavy (non-hydrogen) atoms. The first kappa shape index (κ1) is 14.5. The normalized spacial score (nSPS) is 10.4. The summed E-state index contributed by atoms with van der Waals surface area (Å²) in [6.45, 7) is 2.62. The lowest BCUT2D eigenvalue weighted by Gasteiger charge is -2.17. The van der Waals surface area contributed by atoms with E-state index in [2.05, 4.69) is 29.3 Å². The molecule has 0 atom stereocenters. The molecule has 0 amide bonds. The third-order valence-corrected chi connectivity index (χ3v) is 3.45. The molecule has 0 fully saturated rings. The van der Waals surface area contributed by atoms with Gasteiger partial charge in [-0.25, -0.2) is 0 Å². The van der Waals surface area contributed by atoms with Crippen molar-refractivity contribution in [1.82, 2.24) is 0 Å². The molecular weight excluding hydrogens is 272 g/mol. The van der Waals surface area contributed by atoms with E-state index in [0.717, 1.165) is 11.3 Å². The Morgan fingerprint density at radius 1 is 1.15 bits per heavy atom. The highest BCUT2D eigenvalue weighted by atomic mass is 35.5. The lowest BCUT2D eigenvalue weighted by Crippen LogP contribution is -2.11. The summed E-state index contributed by atoms with van der Waals surface area (Å²) in [4.78, 5) is 2.08. The molecule has 4 heteroatoms. The summed E-state index contributed by atoms with van der Waals surface area (Å²) < 4.78 is 0. The molecule has 3 nitrogen and oxygen atoms in total. The summed E-state index contributed by atoms with van der Waals surface area (Å²) in [6.07, 6.45) is 0. The van der Waals surface area contributed by atoms with Gasteiger partial charge in [0.25, 0.3) is 0 Å². The van der Waals surface area contributed by atoms with Gasteiger partial charge < -0.3 is 15.3 Å². The van der Waals surface area contributed by atoms with Crippen molar-refractivity contribution < 1.29 is 5.11 Å². The minimum Gasteiger partial charge on any atom is -0.508 e. The topological polar surface area (TPSA) is 35.5 Å². The Kier molecular flexibility index (Phi) is 4.40. The zero-order valence-electron chi connectivity index (χ0n) is 11.9. The Hall–Kier alpha value is -1.87. The molecule has 0 aromatic heterocycles. The number of halogens is 1. The summed E-state index contributed by atoms with van der Waals surface area (Å²) in [5.74, 6) is 0.252. The van der Waals surface area contributed by atoms with Crippen LogP contribution in [-0.4, -0.2) is 19.2 Å². The van der Waals surface area contributed by atoms with Crippen molar-refractivity contribution in [3.8, 4) is 5.75 Å². The number of phenolic OH excluding ortho intramolecular Hbond substituents is 1. The first-order valence-electron chi connectivity index (χ1n) is 6.46. The quantitative estimate of drug-likeness (QED) is 0.892. The van der Waals surface area contributed by atoms with Crippen LogP contribution in [0.5, 0.6) is 5.75 Å². The van der Waals surface area contributed by atoms with E-state index in [1.165, 1.54) is 11.3 Å². The second kappa shape index (κ2) is 6.06. The van der Waals surface area contributed by atoms with Crippen LogP contribution in [0.2, 0.25) is 5.02 Å². The zero-order chi connectivity index (χ0) is 14.7. The predicted molar refractivity (Wildman–Crippen MR) is 85.9 cm³/mol. The number of nitrogens with zero attached hydrogens (tertiary/aromatic N) is 1. The summed E-state index contributed by atoms with van der Waals surface area (Å²) in [6, 6.07) is 11.3. The number of hydrogen-bond donors (Lipinski definition) is 2. The van der Waals surface area contributed by atoms with Gasteiger partial charge in [-0.2, -0.15) is 0 Å². The van der Waals surface area contributed by atoms with Crippen molar-refractivity contribution in [2.45, 2.75) is 13.5 Å². The third-order valence-electron chi connectivity index (χ3n) is 3.22. The van der Waals surface area contributed by atoms with Crippen LogP contribution in [0.25, 0.3) is 0 Å². The van der Waals surface area contributed by atoms with Crippen LogP contribution in [0.3, 0.4) is 0 Å². The number of anilines is 2. The average Bonchev–Trinajstić information content (AvgIpc) is 2.41. The first-order chi connectivity index (χ1) is 9.47. The highest BCUT2D eigenvalue weighted by molar-refractivity contribution is 6.30. The Bertz CT molecular complexity index is 611. The maximum absolute atomic E-state index is 9.79. The monoisotopic (exact) mass is 290 g/mol. The second-order valence-corrected chi connectivity index (χ2v) is 5.46. The molecule has 0 unspecified atom stereocenters. The number of aromatic hydroxyl groups is 1. The Balaban J connectivity index is 2.15. The lowest BCUT2D eigenvalue weighted by atomic mass is 10.1. The van der Waals surface area contributed by atoms with Gasteiger partial charge in [-0.3, -0.25) is 0 Å². The predicted octanol–water partition coefficient (Wildman–Crippen LogP) is 4.03. The van der Waals surface area contributed by atoms with Crippen molar-refractivity contribution in [3.05, 3.63) is 52.5 Å². The lowest BCUT2D eigenvalue weighted by molar-refractivity contribution is 0.469. The van der Waals surface area contributed by atoms with Gasteiger partial charge in [-0.05, 0) is 42.8 Å². The van der Waals surface area contributed by atoms with E-state index in [0.29, 0.717) is 11.6 Å². The molecule has 0 aliphatic rings. The Morgan fingerprint density at radius 3 is 2.60 bits per heavy atom. The molecule has 0 bridgehead atoms. The molecule has 0 spiro atoms. The van der Waals surface area contributed by atoms with E-state index in [9.17, 15) is 5.11 Å². The van der Waals surface area contributed by atoms with Gasteiger partial charge in [-0.15, -0.1) is 0 Å². The minimum absolute atomic E-state index is 0.252. The largest absolute Gasteiger partial charge is 0.508 e. The molecule has 0 saturated carbocycles. The molecular formula is C16H19ClN2O. The summed E-state index contributed by atoms with van der Waals surface area (Å²) >= 11 is 5.94. The maximum atomic E-state index is 9.79. The molecule has 0 aliphatic carbocycles. The molecule has 106 valence electrons. The van der Waals surface area contributed by atoms with Crippen LogP contribution in [0.15, 0.2) is 36.4 Å². The SMILES string of the molecule is Cc1ccc(NCc2cc(Cl)ccc2O)cc1N(C)C. The van der Waals surface area contributed by atoms with Crippen LogP contribution in [0.4, 0.5) is 11.4 Å². The van der Waals surface area contributed by atoms with Crippen molar-refractivity contribution in [3.63, 3.8) is 0 Å². The minimum atomic E-state index is 0.252. The van der Waals surface area contributed by atoms with Gasteiger partial charge in [0, 0.05) is 42.6 Å². The van der Waals surface area contributed by atoms with E-state index in [4.69, 9.17) is 11.6 Å². The number of benzene rings is 2. The van der Waals surface area contributed by atoms with Gasteiger partial charge >= 0.3 is 0 Å². The summed E-state index contributed by atoms with van der Waals surface area (Å²) in [7, 11) is 4.05. The molecule has 2 N–H and O–H groups in total. The number of phenols is 1. The molecule has 0 aliphatic heterocycles. The average molecular weight is 291 g/mol. The first-order valence-corrected chi connectivity index (χ1v) is 6.84. The van der Waals surface area contributed by atoms with Gasteiger partial charge in [-0.1, -0.05) is 17.7 Å². The highest BCUT2D eigenvalue weighted by Crippen LogP contribution is 2.25. The van der Waals surface area contributed by atoms with Crippen molar-refractivity contribution in [1.29, 1.82) is 0 Å². The zero-order valence-corrected chi connectivity index (χ0v) is 12.7. The standard InChI is InChI=1S/C16H19ClN2O/c1-11-4-6-14(9-15(11)19(2)3)18-10-12-8-13(17)5-7-16(12)20/h4-9,18,20H,10H2,1-3H3. The Morgan fingerprint density at radius 2 is 1.90 bits per heavy atom. The van der Waals surface area contributed by atoms with Crippen LogP contribution in [0, 0.1) is 6.92 Å². The number of hydrogen-bond acceptors (Lipinski definition) is 3. The van der Waals surface area contributed by atoms with E-state index in [1.807, 2.05) is 20.2 Å². The molecule has 2 aromatic carbocycles. The van der Waals surface area contributed by atoms with Gasteiger partial charge in [0.1, 0.15) is 5.75 Å². The molecule has 0 heterocycles. The highest BCUT2D eigenvalue weighted by Gasteiger charge is 2.05. The molecule has 0 saturated heterocycles. The number of aryl methyl sites for hydroxylation is 1. The van der Waals surface area contributed by atoms with Crippen molar-refractivity contribution >= 4 is 23.0 Å².